The Morgan fingerprint density at radius 1 is 1.11 bits per heavy atom. The first-order chi connectivity index (χ1) is 9.40. The van der Waals surface area contributed by atoms with Gasteiger partial charge in [0, 0.05) is 18.1 Å². The Hall–Kier alpha value is -1.29. The van der Waals surface area contributed by atoms with E-state index in [0.717, 1.165) is 23.4 Å². The fourth-order valence-corrected chi connectivity index (χ4v) is 2.48. The third-order valence-electron chi connectivity index (χ3n) is 3.05. The molecule has 19 heavy (non-hydrogen) atoms. The molecule has 0 saturated carbocycles. The molecule has 3 nitrogen and oxygen atoms in total. The summed E-state index contributed by atoms with van der Waals surface area (Å²) in [5.74, 6) is 2.02. The largest absolute Gasteiger partial charge is 0.354 e. The minimum absolute atomic E-state index is 0.739. The fraction of sp³-hybridized carbons (Fsp3) is 0.467. The van der Waals surface area contributed by atoms with Crippen LogP contribution in [0.1, 0.15) is 25.7 Å². The number of anilines is 1. The van der Waals surface area contributed by atoms with Gasteiger partial charge in [-0.25, -0.2) is 9.97 Å². The van der Waals surface area contributed by atoms with Gasteiger partial charge in [0.2, 0.25) is 5.95 Å². The van der Waals surface area contributed by atoms with Gasteiger partial charge in [0.15, 0.2) is 0 Å². The number of nitrogens with zero attached hydrogens (tertiary/aromatic N) is 2. The summed E-state index contributed by atoms with van der Waals surface area (Å²) >= 11 is 1.93. The highest BCUT2D eigenvalue weighted by Crippen LogP contribution is 2.12. The van der Waals surface area contributed by atoms with Crippen LogP contribution < -0.4 is 5.32 Å². The minimum atomic E-state index is 0.739. The molecular weight excluding hydrogens is 254 g/mol. The van der Waals surface area contributed by atoms with E-state index < -0.39 is 0 Å². The molecule has 0 radical (unpaired) electrons. The molecule has 2 aromatic rings. The van der Waals surface area contributed by atoms with Crippen LogP contribution in [0.3, 0.4) is 0 Å². The Morgan fingerprint density at radius 3 is 2.84 bits per heavy atom. The van der Waals surface area contributed by atoms with Crippen LogP contribution in [-0.4, -0.2) is 28.5 Å². The molecule has 0 unspecified atom stereocenters. The molecule has 4 heteroatoms. The van der Waals surface area contributed by atoms with Crippen molar-refractivity contribution in [3.8, 4) is 0 Å². The Morgan fingerprint density at radius 2 is 1.95 bits per heavy atom. The van der Waals surface area contributed by atoms with E-state index in [2.05, 4.69) is 21.5 Å². The number of hydrogen-bond donors (Lipinski definition) is 1. The molecule has 0 spiro atoms. The van der Waals surface area contributed by atoms with E-state index in [4.69, 9.17) is 0 Å². The average Bonchev–Trinajstić information content (AvgIpc) is 2.46. The molecule has 1 N–H and O–H groups in total. The first-order valence-corrected chi connectivity index (χ1v) is 8.24. The first-order valence-electron chi connectivity index (χ1n) is 6.85. The van der Waals surface area contributed by atoms with Crippen molar-refractivity contribution in [2.45, 2.75) is 25.7 Å². The van der Waals surface area contributed by atoms with Gasteiger partial charge in [-0.15, -0.1) is 0 Å². The van der Waals surface area contributed by atoms with Crippen molar-refractivity contribution in [1.29, 1.82) is 0 Å². The van der Waals surface area contributed by atoms with Crippen LogP contribution in [0.25, 0.3) is 10.9 Å². The van der Waals surface area contributed by atoms with Crippen molar-refractivity contribution in [3.63, 3.8) is 0 Å². The third-order valence-corrected chi connectivity index (χ3v) is 3.74. The molecule has 0 aliphatic rings. The average molecular weight is 275 g/mol. The van der Waals surface area contributed by atoms with Gasteiger partial charge in [0.25, 0.3) is 0 Å². The Labute approximate surface area is 119 Å². The second-order valence-electron chi connectivity index (χ2n) is 4.59. The maximum atomic E-state index is 4.50. The molecule has 2 rings (SSSR count). The van der Waals surface area contributed by atoms with Crippen LogP contribution in [0.4, 0.5) is 5.95 Å². The molecule has 0 bridgehead atoms. The van der Waals surface area contributed by atoms with Gasteiger partial charge in [-0.05, 0) is 30.9 Å². The van der Waals surface area contributed by atoms with Gasteiger partial charge in [0.05, 0.1) is 5.52 Å². The summed E-state index contributed by atoms with van der Waals surface area (Å²) in [6.07, 6.45) is 9.15. The zero-order valence-corrected chi connectivity index (χ0v) is 12.2. The van der Waals surface area contributed by atoms with Crippen LogP contribution in [0.15, 0.2) is 30.5 Å². The summed E-state index contributed by atoms with van der Waals surface area (Å²) in [5, 5.41) is 4.39. The van der Waals surface area contributed by atoms with Crippen LogP contribution >= 0.6 is 11.8 Å². The van der Waals surface area contributed by atoms with Gasteiger partial charge < -0.3 is 5.32 Å². The second kappa shape index (κ2) is 8.00. The van der Waals surface area contributed by atoms with Crippen molar-refractivity contribution in [2.24, 2.45) is 0 Å². The Kier molecular flexibility index (Phi) is 5.95. The summed E-state index contributed by atoms with van der Waals surface area (Å²) in [4.78, 5) is 8.83. The summed E-state index contributed by atoms with van der Waals surface area (Å²) in [7, 11) is 0. The van der Waals surface area contributed by atoms with Crippen molar-refractivity contribution < 1.29 is 0 Å². The maximum Gasteiger partial charge on any atom is 0.223 e. The van der Waals surface area contributed by atoms with E-state index in [-0.39, 0.29) is 0 Å². The molecule has 0 atom stereocenters. The summed E-state index contributed by atoms with van der Waals surface area (Å²) < 4.78 is 0. The lowest BCUT2D eigenvalue weighted by Gasteiger charge is -2.05. The number of unbranched alkanes of at least 4 members (excludes halogenated alkanes) is 3. The highest BCUT2D eigenvalue weighted by atomic mass is 32.2. The number of para-hydroxylation sites is 1. The predicted molar refractivity (Wildman–Crippen MR) is 84.9 cm³/mol. The van der Waals surface area contributed by atoms with Gasteiger partial charge in [-0.1, -0.05) is 31.0 Å². The quantitative estimate of drug-likeness (QED) is 0.740. The highest BCUT2D eigenvalue weighted by Gasteiger charge is 1.98. The Balaban J connectivity index is 1.72. The SMILES string of the molecule is CSCCCCCCNc1ncc2ccccc2n1. The van der Waals surface area contributed by atoms with Crippen molar-refractivity contribution in [1.82, 2.24) is 9.97 Å². The molecule has 0 saturated heterocycles. The van der Waals surface area contributed by atoms with E-state index in [1.807, 2.05) is 42.2 Å². The molecule has 1 heterocycles. The van der Waals surface area contributed by atoms with Crippen LogP contribution in [0.5, 0.6) is 0 Å². The smallest absolute Gasteiger partial charge is 0.223 e. The Bertz CT molecular complexity index is 501. The van der Waals surface area contributed by atoms with E-state index in [0.29, 0.717) is 0 Å². The molecular formula is C15H21N3S. The van der Waals surface area contributed by atoms with E-state index in [1.165, 1.54) is 31.4 Å². The summed E-state index contributed by atoms with van der Waals surface area (Å²) in [6, 6.07) is 8.06. The van der Waals surface area contributed by atoms with E-state index >= 15 is 0 Å². The molecule has 1 aromatic carbocycles. The number of aromatic nitrogens is 2. The van der Waals surface area contributed by atoms with Gasteiger partial charge in [-0.3, -0.25) is 0 Å². The second-order valence-corrected chi connectivity index (χ2v) is 5.57. The topological polar surface area (TPSA) is 37.8 Å². The molecule has 0 amide bonds. The van der Waals surface area contributed by atoms with Crippen LogP contribution in [0.2, 0.25) is 0 Å². The number of benzene rings is 1. The lowest BCUT2D eigenvalue weighted by Crippen LogP contribution is -2.05. The highest BCUT2D eigenvalue weighted by molar-refractivity contribution is 7.98. The molecule has 102 valence electrons. The normalized spacial score (nSPS) is 10.8. The van der Waals surface area contributed by atoms with E-state index in [9.17, 15) is 0 Å². The standard InChI is InChI=1S/C15H21N3S/c1-19-11-7-3-2-6-10-16-15-17-12-13-8-4-5-9-14(13)18-15/h4-5,8-9,12H,2-3,6-7,10-11H2,1H3,(H,16,17,18). The van der Waals surface area contributed by atoms with Gasteiger partial charge in [-0.2, -0.15) is 11.8 Å². The molecule has 1 aromatic heterocycles. The van der Waals surface area contributed by atoms with Crippen molar-refractivity contribution in [2.75, 3.05) is 23.9 Å². The number of thioether (sulfide) groups is 1. The first kappa shape index (κ1) is 14.1. The zero-order valence-electron chi connectivity index (χ0n) is 11.4. The van der Waals surface area contributed by atoms with E-state index in [1.54, 1.807) is 0 Å². The lowest BCUT2D eigenvalue weighted by molar-refractivity contribution is 0.687. The number of fused-ring (bicyclic) bond motifs is 1. The van der Waals surface area contributed by atoms with Crippen LogP contribution in [-0.2, 0) is 0 Å². The van der Waals surface area contributed by atoms with Gasteiger partial charge in [0.1, 0.15) is 0 Å². The molecule has 0 fully saturated rings. The van der Waals surface area contributed by atoms with Crippen molar-refractivity contribution in [3.05, 3.63) is 30.5 Å². The van der Waals surface area contributed by atoms with Gasteiger partial charge >= 0.3 is 0 Å². The summed E-state index contributed by atoms with van der Waals surface area (Å²) in [5.41, 5.74) is 1.000. The lowest BCUT2D eigenvalue weighted by atomic mass is 10.2. The summed E-state index contributed by atoms with van der Waals surface area (Å²) in [6.45, 7) is 0.956. The third kappa shape index (κ3) is 4.71. The number of nitrogens with one attached hydrogen (secondary N) is 1. The molecule has 0 aliphatic heterocycles. The molecule has 0 aliphatic carbocycles. The van der Waals surface area contributed by atoms with Crippen molar-refractivity contribution >= 4 is 28.6 Å². The zero-order chi connectivity index (χ0) is 13.3. The van der Waals surface area contributed by atoms with Crippen LogP contribution in [0, 0.1) is 0 Å². The monoisotopic (exact) mass is 275 g/mol. The fourth-order valence-electron chi connectivity index (χ4n) is 1.98. The minimum Gasteiger partial charge on any atom is -0.354 e. The predicted octanol–water partition coefficient (Wildman–Crippen LogP) is 3.97. The maximum absolute atomic E-state index is 4.50. The number of hydrogen-bond acceptors (Lipinski definition) is 4. The number of rotatable bonds is 8.